The van der Waals surface area contributed by atoms with E-state index in [2.05, 4.69) is 67.3 Å². The van der Waals surface area contributed by atoms with Gasteiger partial charge in [0.05, 0.1) is 0 Å². The normalized spacial score (nSPS) is 42.1. The molecule has 3 fully saturated rings. The standard InChI is InChI=1S/C30H50O2Si/c1-10-11-20(2)27-26(31)19-25-23-13-12-21-18-22(32-33(8,9)28(3,4)5)14-16-29(21,6)24(23)15-17-30(25,27)7/h10,12,20,22-25,27H,1,11,13-19H2,2-9H3/t20-,22+,23-,24+,25+,27+,29?,30+/m1/s1. The van der Waals surface area contributed by atoms with Crippen LogP contribution < -0.4 is 0 Å². The second-order valence-electron chi connectivity index (χ2n) is 14.2. The molecule has 0 aromatic carbocycles. The molecule has 2 nitrogen and oxygen atoms in total. The summed E-state index contributed by atoms with van der Waals surface area (Å²) >= 11 is 0. The summed E-state index contributed by atoms with van der Waals surface area (Å²) in [5.41, 5.74) is 2.18. The van der Waals surface area contributed by atoms with Gasteiger partial charge in [-0.2, -0.15) is 0 Å². The quantitative estimate of drug-likeness (QED) is 0.298. The lowest BCUT2D eigenvalue weighted by atomic mass is 9.47. The Morgan fingerprint density at radius 2 is 1.88 bits per heavy atom. The number of rotatable bonds is 5. The lowest BCUT2D eigenvalue weighted by Crippen LogP contribution is -2.52. The molecule has 33 heavy (non-hydrogen) atoms. The molecule has 0 heterocycles. The van der Waals surface area contributed by atoms with Gasteiger partial charge in [0.1, 0.15) is 5.78 Å². The van der Waals surface area contributed by atoms with Crippen LogP contribution in [-0.2, 0) is 9.22 Å². The highest BCUT2D eigenvalue weighted by molar-refractivity contribution is 6.74. The zero-order chi connectivity index (χ0) is 24.4. The van der Waals surface area contributed by atoms with Gasteiger partial charge in [0.2, 0.25) is 0 Å². The van der Waals surface area contributed by atoms with E-state index in [9.17, 15) is 4.79 Å². The SMILES string of the molecule is C=CC[C@@H](C)[C@H]1C(=O)C[C@H]2[C@@H]3CC=C4C[C@@H](O[Si](C)(C)C(C)(C)C)CCC4(C)[C@H]3CC[C@]12C. The first-order chi connectivity index (χ1) is 15.2. The highest BCUT2D eigenvalue weighted by atomic mass is 28.4. The molecule has 0 radical (unpaired) electrons. The van der Waals surface area contributed by atoms with Crippen molar-refractivity contribution >= 4 is 14.1 Å². The van der Waals surface area contributed by atoms with Crippen LogP contribution in [0.3, 0.4) is 0 Å². The van der Waals surface area contributed by atoms with E-state index in [0.717, 1.165) is 25.2 Å². The predicted octanol–water partition coefficient (Wildman–Crippen LogP) is 8.35. The van der Waals surface area contributed by atoms with Crippen molar-refractivity contribution in [3.05, 3.63) is 24.3 Å². The predicted molar refractivity (Wildman–Crippen MR) is 142 cm³/mol. The topological polar surface area (TPSA) is 26.3 Å². The molecule has 1 unspecified atom stereocenters. The van der Waals surface area contributed by atoms with Crippen molar-refractivity contribution in [1.82, 2.24) is 0 Å². The summed E-state index contributed by atoms with van der Waals surface area (Å²) in [4.78, 5) is 13.3. The number of carbonyl (C=O) groups excluding carboxylic acids is 1. The minimum absolute atomic E-state index is 0.186. The Morgan fingerprint density at radius 3 is 2.52 bits per heavy atom. The van der Waals surface area contributed by atoms with Gasteiger partial charge in [0.15, 0.2) is 8.32 Å². The van der Waals surface area contributed by atoms with Crippen LogP contribution in [0.15, 0.2) is 24.3 Å². The van der Waals surface area contributed by atoms with Crippen molar-refractivity contribution in [3.63, 3.8) is 0 Å². The molecular formula is C30H50O2Si. The molecule has 186 valence electrons. The minimum atomic E-state index is -1.74. The van der Waals surface area contributed by atoms with Crippen molar-refractivity contribution in [2.75, 3.05) is 0 Å². The average Bonchev–Trinajstić information content (AvgIpc) is 2.97. The van der Waals surface area contributed by atoms with E-state index >= 15 is 0 Å². The van der Waals surface area contributed by atoms with Crippen LogP contribution in [0.5, 0.6) is 0 Å². The molecule has 3 heteroatoms. The zero-order valence-electron chi connectivity index (χ0n) is 22.8. The second-order valence-corrected chi connectivity index (χ2v) is 19.0. The number of carbonyl (C=O) groups is 1. The molecule has 0 saturated heterocycles. The highest BCUT2D eigenvalue weighted by Crippen LogP contribution is 2.66. The lowest BCUT2D eigenvalue weighted by Gasteiger charge is -2.58. The fourth-order valence-corrected chi connectivity index (χ4v) is 9.91. The summed E-state index contributed by atoms with van der Waals surface area (Å²) in [6, 6.07) is 0. The van der Waals surface area contributed by atoms with E-state index in [1.54, 1.807) is 5.57 Å². The number of hydrogen-bond donors (Lipinski definition) is 0. The fourth-order valence-electron chi connectivity index (χ4n) is 8.52. The summed E-state index contributed by atoms with van der Waals surface area (Å²) in [5, 5.41) is 0.266. The molecular weight excluding hydrogens is 420 g/mol. The van der Waals surface area contributed by atoms with E-state index in [1.165, 1.54) is 32.1 Å². The van der Waals surface area contributed by atoms with E-state index in [1.807, 2.05) is 6.08 Å². The molecule has 8 atom stereocenters. The largest absolute Gasteiger partial charge is 0.414 e. The maximum absolute atomic E-state index is 13.3. The Hall–Kier alpha value is -0.673. The van der Waals surface area contributed by atoms with E-state index in [4.69, 9.17) is 4.43 Å². The van der Waals surface area contributed by atoms with Gasteiger partial charge >= 0.3 is 0 Å². The fraction of sp³-hybridized carbons (Fsp3) is 0.833. The summed E-state index contributed by atoms with van der Waals surface area (Å²) in [5.74, 6) is 3.19. The van der Waals surface area contributed by atoms with Gasteiger partial charge in [-0.25, -0.2) is 0 Å². The molecule has 4 rings (SSSR count). The third-order valence-electron chi connectivity index (χ3n) is 11.3. The maximum Gasteiger partial charge on any atom is 0.192 e. The highest BCUT2D eigenvalue weighted by Gasteiger charge is 2.61. The average molecular weight is 471 g/mol. The van der Waals surface area contributed by atoms with Crippen molar-refractivity contribution in [2.24, 2.45) is 40.4 Å². The summed E-state index contributed by atoms with van der Waals surface area (Å²) in [6.07, 6.45) is 14.1. The van der Waals surface area contributed by atoms with Crippen LogP contribution in [0.4, 0.5) is 0 Å². The van der Waals surface area contributed by atoms with Crippen LogP contribution in [0.2, 0.25) is 18.1 Å². The van der Waals surface area contributed by atoms with Gasteiger partial charge in [0, 0.05) is 18.4 Å². The third kappa shape index (κ3) is 4.07. The number of Topliss-reactive ketones (excluding diaryl/α,β-unsaturated/α-hetero) is 1. The Kier molecular flexibility index (Phi) is 6.52. The third-order valence-corrected chi connectivity index (χ3v) is 15.9. The van der Waals surface area contributed by atoms with E-state index in [0.29, 0.717) is 35.1 Å². The maximum atomic E-state index is 13.3. The van der Waals surface area contributed by atoms with Crippen molar-refractivity contribution < 1.29 is 9.22 Å². The first-order valence-corrected chi connectivity index (χ1v) is 16.7. The lowest BCUT2D eigenvalue weighted by molar-refractivity contribution is -0.124. The minimum Gasteiger partial charge on any atom is -0.414 e. The summed E-state index contributed by atoms with van der Waals surface area (Å²) in [6.45, 7) is 23.1. The first-order valence-electron chi connectivity index (χ1n) is 13.8. The number of ketones is 1. The van der Waals surface area contributed by atoms with Gasteiger partial charge in [-0.3, -0.25) is 4.79 Å². The van der Waals surface area contributed by atoms with Gasteiger partial charge in [-0.1, -0.05) is 59.3 Å². The number of fused-ring (bicyclic) bond motifs is 5. The molecule has 0 aliphatic heterocycles. The van der Waals surface area contributed by atoms with Crippen molar-refractivity contribution in [1.29, 1.82) is 0 Å². The molecule has 0 aromatic heterocycles. The second kappa shape index (κ2) is 8.47. The molecule has 0 N–H and O–H groups in total. The van der Waals surface area contributed by atoms with Gasteiger partial charge in [0.25, 0.3) is 0 Å². The van der Waals surface area contributed by atoms with Gasteiger partial charge in [-0.15, -0.1) is 6.58 Å². The van der Waals surface area contributed by atoms with Crippen LogP contribution in [-0.4, -0.2) is 20.2 Å². The smallest absolute Gasteiger partial charge is 0.192 e. The van der Waals surface area contributed by atoms with Crippen LogP contribution in [0.1, 0.15) is 92.9 Å². The molecule has 0 aromatic rings. The molecule has 0 spiro atoms. The summed E-state index contributed by atoms with van der Waals surface area (Å²) < 4.78 is 6.88. The monoisotopic (exact) mass is 470 g/mol. The first kappa shape index (κ1) is 25.4. The summed E-state index contributed by atoms with van der Waals surface area (Å²) in [7, 11) is -1.74. The van der Waals surface area contributed by atoms with Crippen molar-refractivity contribution in [3.8, 4) is 0 Å². The van der Waals surface area contributed by atoms with Crippen LogP contribution in [0.25, 0.3) is 0 Å². The number of hydrogen-bond acceptors (Lipinski definition) is 2. The van der Waals surface area contributed by atoms with E-state index < -0.39 is 8.32 Å². The van der Waals surface area contributed by atoms with Gasteiger partial charge in [-0.05, 0) is 97.6 Å². The zero-order valence-corrected chi connectivity index (χ0v) is 23.8. The van der Waals surface area contributed by atoms with Crippen molar-refractivity contribution in [2.45, 2.75) is 117 Å². The molecule has 3 saturated carbocycles. The molecule has 4 aliphatic rings. The Balaban J connectivity index is 1.54. The van der Waals surface area contributed by atoms with E-state index in [-0.39, 0.29) is 16.4 Å². The Labute approximate surface area is 205 Å². The molecule has 0 amide bonds. The molecule has 0 bridgehead atoms. The Morgan fingerprint density at radius 1 is 1.18 bits per heavy atom. The molecule has 4 aliphatic carbocycles. The number of allylic oxidation sites excluding steroid dienone is 2. The van der Waals surface area contributed by atoms with Crippen LogP contribution >= 0.6 is 0 Å². The van der Waals surface area contributed by atoms with Gasteiger partial charge < -0.3 is 4.43 Å². The Bertz CT molecular complexity index is 820. The van der Waals surface area contributed by atoms with Crippen LogP contribution in [0, 0.1) is 40.4 Å².